The highest BCUT2D eigenvalue weighted by molar-refractivity contribution is 5.89. The fourth-order valence-electron chi connectivity index (χ4n) is 2.43. The van der Waals surface area contributed by atoms with Gasteiger partial charge in [0.05, 0.1) is 6.04 Å². The lowest BCUT2D eigenvalue weighted by molar-refractivity contribution is -0.150. The Morgan fingerprint density at radius 2 is 2.24 bits per heavy atom. The summed E-state index contributed by atoms with van der Waals surface area (Å²) >= 11 is 0. The number of nitrogens with one attached hydrogen (secondary N) is 1. The summed E-state index contributed by atoms with van der Waals surface area (Å²) in [4.78, 5) is 23.2. The molecule has 0 aromatic carbocycles. The van der Waals surface area contributed by atoms with Gasteiger partial charge in [0.15, 0.2) is 0 Å². The van der Waals surface area contributed by atoms with Crippen molar-refractivity contribution in [2.45, 2.75) is 57.5 Å². The first-order valence-electron chi connectivity index (χ1n) is 6.22. The largest absolute Gasteiger partial charge is 0.480 e. The molecular formula is C12H22N2O3. The van der Waals surface area contributed by atoms with Crippen LogP contribution in [0.3, 0.4) is 0 Å². The third-order valence-electron chi connectivity index (χ3n) is 3.55. The van der Waals surface area contributed by atoms with Gasteiger partial charge in [-0.2, -0.15) is 0 Å². The molecule has 5 heteroatoms. The van der Waals surface area contributed by atoms with Crippen molar-refractivity contribution < 1.29 is 14.7 Å². The average molecular weight is 242 g/mol. The SMILES string of the molecule is CC[C@@H](N)C(=O)NC1(C(=O)O)CCCC(C)C1. The topological polar surface area (TPSA) is 92.4 Å². The van der Waals surface area contributed by atoms with Gasteiger partial charge in [0.25, 0.3) is 0 Å². The first kappa shape index (κ1) is 14.0. The summed E-state index contributed by atoms with van der Waals surface area (Å²) in [6.45, 7) is 3.82. The number of amides is 1. The Kier molecular flexibility index (Phi) is 4.51. The van der Waals surface area contributed by atoms with Crippen LogP contribution < -0.4 is 11.1 Å². The number of carboxylic acids is 1. The molecule has 0 aliphatic heterocycles. The van der Waals surface area contributed by atoms with Crippen LogP contribution in [0.15, 0.2) is 0 Å². The molecule has 1 aliphatic rings. The fraction of sp³-hybridized carbons (Fsp3) is 0.833. The van der Waals surface area contributed by atoms with Gasteiger partial charge in [0.2, 0.25) is 5.91 Å². The van der Waals surface area contributed by atoms with Crippen LogP contribution >= 0.6 is 0 Å². The lowest BCUT2D eigenvalue weighted by Gasteiger charge is -2.37. The number of nitrogens with two attached hydrogens (primary N) is 1. The summed E-state index contributed by atoms with van der Waals surface area (Å²) in [6.07, 6.45) is 3.34. The molecule has 1 saturated carbocycles. The minimum Gasteiger partial charge on any atom is -0.480 e. The maximum Gasteiger partial charge on any atom is 0.329 e. The predicted molar refractivity (Wildman–Crippen MR) is 64.4 cm³/mol. The lowest BCUT2D eigenvalue weighted by atomic mass is 9.76. The van der Waals surface area contributed by atoms with E-state index in [0.717, 1.165) is 12.8 Å². The molecule has 0 heterocycles. The van der Waals surface area contributed by atoms with Gasteiger partial charge in [-0.3, -0.25) is 4.79 Å². The number of carbonyl (C=O) groups excluding carboxylic acids is 1. The molecule has 1 aliphatic carbocycles. The molecule has 0 saturated heterocycles. The van der Waals surface area contributed by atoms with Crippen molar-refractivity contribution in [3.05, 3.63) is 0 Å². The van der Waals surface area contributed by atoms with Crippen LogP contribution in [-0.4, -0.2) is 28.6 Å². The first-order valence-corrected chi connectivity index (χ1v) is 6.22. The van der Waals surface area contributed by atoms with Crippen molar-refractivity contribution in [1.82, 2.24) is 5.32 Å². The van der Waals surface area contributed by atoms with E-state index in [2.05, 4.69) is 5.32 Å². The van der Waals surface area contributed by atoms with Gasteiger partial charge < -0.3 is 16.2 Å². The molecule has 1 rings (SSSR count). The van der Waals surface area contributed by atoms with Gasteiger partial charge in [-0.25, -0.2) is 4.79 Å². The van der Waals surface area contributed by atoms with E-state index in [1.165, 1.54) is 0 Å². The summed E-state index contributed by atoms with van der Waals surface area (Å²) in [7, 11) is 0. The second kappa shape index (κ2) is 5.49. The number of hydrogen-bond donors (Lipinski definition) is 3. The first-order chi connectivity index (χ1) is 7.91. The molecule has 0 spiro atoms. The smallest absolute Gasteiger partial charge is 0.329 e. The van der Waals surface area contributed by atoms with Crippen molar-refractivity contribution >= 4 is 11.9 Å². The van der Waals surface area contributed by atoms with E-state index in [0.29, 0.717) is 25.2 Å². The van der Waals surface area contributed by atoms with Crippen molar-refractivity contribution in [3.63, 3.8) is 0 Å². The number of hydrogen-bond acceptors (Lipinski definition) is 3. The zero-order valence-corrected chi connectivity index (χ0v) is 10.5. The van der Waals surface area contributed by atoms with Crippen LogP contribution in [0, 0.1) is 5.92 Å². The Hall–Kier alpha value is -1.10. The summed E-state index contributed by atoms with van der Waals surface area (Å²) in [5.74, 6) is -0.984. The quantitative estimate of drug-likeness (QED) is 0.682. The van der Waals surface area contributed by atoms with Crippen LogP contribution in [0.5, 0.6) is 0 Å². The second-order valence-corrected chi connectivity index (χ2v) is 5.09. The van der Waals surface area contributed by atoms with E-state index in [4.69, 9.17) is 5.73 Å². The average Bonchev–Trinajstić information content (AvgIpc) is 2.27. The molecule has 0 radical (unpaired) electrons. The summed E-state index contributed by atoms with van der Waals surface area (Å²) in [5.41, 5.74) is 4.51. The van der Waals surface area contributed by atoms with Crippen LogP contribution in [0.25, 0.3) is 0 Å². The van der Waals surface area contributed by atoms with E-state index in [-0.39, 0.29) is 5.91 Å². The zero-order chi connectivity index (χ0) is 13.1. The molecule has 17 heavy (non-hydrogen) atoms. The van der Waals surface area contributed by atoms with Gasteiger partial charge in [0, 0.05) is 0 Å². The van der Waals surface area contributed by atoms with Gasteiger partial charge in [-0.1, -0.05) is 26.7 Å². The number of rotatable bonds is 4. The molecule has 5 nitrogen and oxygen atoms in total. The van der Waals surface area contributed by atoms with Crippen molar-refractivity contribution in [2.75, 3.05) is 0 Å². The molecule has 1 amide bonds. The standard InChI is InChI=1S/C12H22N2O3/c1-3-9(13)10(15)14-12(11(16)17)6-4-5-8(2)7-12/h8-9H,3-7,13H2,1-2H3,(H,14,15)(H,16,17)/t8?,9-,12?/m1/s1. The summed E-state index contributed by atoms with van der Waals surface area (Å²) in [6, 6.07) is -0.622. The van der Waals surface area contributed by atoms with Gasteiger partial charge in [-0.15, -0.1) is 0 Å². The molecule has 2 unspecified atom stereocenters. The minimum atomic E-state index is -1.11. The summed E-state index contributed by atoms with van der Waals surface area (Å²) in [5, 5.41) is 12.0. The second-order valence-electron chi connectivity index (χ2n) is 5.09. The van der Waals surface area contributed by atoms with Crippen molar-refractivity contribution in [1.29, 1.82) is 0 Å². The van der Waals surface area contributed by atoms with E-state index in [9.17, 15) is 14.7 Å². The van der Waals surface area contributed by atoms with Crippen LogP contribution in [0.2, 0.25) is 0 Å². The Morgan fingerprint density at radius 1 is 1.59 bits per heavy atom. The van der Waals surface area contributed by atoms with E-state index in [1.54, 1.807) is 6.92 Å². The third-order valence-corrected chi connectivity index (χ3v) is 3.55. The highest BCUT2D eigenvalue weighted by Crippen LogP contribution is 2.32. The zero-order valence-electron chi connectivity index (χ0n) is 10.5. The van der Waals surface area contributed by atoms with Gasteiger partial charge in [-0.05, 0) is 25.2 Å². The molecule has 3 atom stereocenters. The van der Waals surface area contributed by atoms with Crippen LogP contribution in [0.1, 0.15) is 46.0 Å². The Labute approximate surface area is 102 Å². The summed E-state index contributed by atoms with van der Waals surface area (Å²) < 4.78 is 0. The van der Waals surface area contributed by atoms with E-state index < -0.39 is 17.6 Å². The fourth-order valence-corrected chi connectivity index (χ4v) is 2.43. The molecule has 0 aromatic rings. The number of aliphatic carboxylic acids is 1. The Balaban J connectivity index is 2.78. The van der Waals surface area contributed by atoms with Crippen LogP contribution in [0.4, 0.5) is 0 Å². The lowest BCUT2D eigenvalue weighted by Crippen LogP contribution is -2.59. The molecule has 4 N–H and O–H groups in total. The Bertz CT molecular complexity index is 306. The minimum absolute atomic E-state index is 0.318. The highest BCUT2D eigenvalue weighted by Gasteiger charge is 2.43. The monoisotopic (exact) mass is 242 g/mol. The molecule has 98 valence electrons. The van der Waals surface area contributed by atoms with Gasteiger partial charge >= 0.3 is 5.97 Å². The molecular weight excluding hydrogens is 220 g/mol. The maximum atomic E-state index is 11.8. The van der Waals surface area contributed by atoms with E-state index in [1.807, 2.05) is 6.92 Å². The van der Waals surface area contributed by atoms with Crippen LogP contribution in [-0.2, 0) is 9.59 Å². The molecule has 0 bridgehead atoms. The van der Waals surface area contributed by atoms with Gasteiger partial charge in [0.1, 0.15) is 5.54 Å². The predicted octanol–water partition coefficient (Wildman–Crippen LogP) is 0.873. The van der Waals surface area contributed by atoms with Crippen molar-refractivity contribution in [2.24, 2.45) is 11.7 Å². The van der Waals surface area contributed by atoms with Crippen molar-refractivity contribution in [3.8, 4) is 0 Å². The Morgan fingerprint density at radius 3 is 2.71 bits per heavy atom. The molecule has 1 fully saturated rings. The molecule has 0 aromatic heterocycles. The third kappa shape index (κ3) is 3.19. The highest BCUT2D eigenvalue weighted by atomic mass is 16.4. The maximum absolute atomic E-state index is 11.8. The number of carboxylic acid groups (broad SMARTS) is 1. The van der Waals surface area contributed by atoms with E-state index >= 15 is 0 Å². The number of carbonyl (C=O) groups is 2. The normalized spacial score (nSPS) is 30.6.